The van der Waals surface area contributed by atoms with E-state index in [-0.39, 0.29) is 24.4 Å². The van der Waals surface area contributed by atoms with Gasteiger partial charge in [-0.05, 0) is 37.0 Å². The summed E-state index contributed by atoms with van der Waals surface area (Å²) in [6, 6.07) is 5.39. The molecular formula is C19H31N3O5S. The fourth-order valence-corrected chi connectivity index (χ4v) is 4.57. The first-order chi connectivity index (χ1) is 13.2. The summed E-state index contributed by atoms with van der Waals surface area (Å²) in [6.07, 6.45) is 2.04. The van der Waals surface area contributed by atoms with E-state index in [4.69, 9.17) is 9.47 Å². The standard InChI is InChI=1S/C19H31N3O5S/c1-6-16(14-9-10-17(26-4)18(12-14)27-5)20-19(23)15-8-7-11-22(13-15)28(24,25)21(2)3/h9-10,12,15-16H,6-8,11,13H2,1-5H3,(H,20,23)/t15-,16+/m0/s1. The molecule has 1 fully saturated rings. The number of methoxy groups -OCH3 is 2. The van der Waals surface area contributed by atoms with E-state index in [1.807, 2.05) is 25.1 Å². The molecule has 0 spiro atoms. The van der Waals surface area contributed by atoms with Crippen LogP contribution >= 0.6 is 0 Å². The first-order valence-corrected chi connectivity index (χ1v) is 10.8. The molecule has 158 valence electrons. The highest BCUT2D eigenvalue weighted by atomic mass is 32.2. The molecule has 1 aromatic carbocycles. The van der Waals surface area contributed by atoms with E-state index >= 15 is 0 Å². The van der Waals surface area contributed by atoms with Gasteiger partial charge in [-0.25, -0.2) is 0 Å². The van der Waals surface area contributed by atoms with Crippen molar-refractivity contribution < 1.29 is 22.7 Å². The van der Waals surface area contributed by atoms with Crippen molar-refractivity contribution in [3.63, 3.8) is 0 Å². The molecule has 1 heterocycles. The number of piperidine rings is 1. The summed E-state index contributed by atoms with van der Waals surface area (Å²) in [5.74, 6) is 0.746. The van der Waals surface area contributed by atoms with Crippen molar-refractivity contribution in [2.75, 3.05) is 41.4 Å². The summed E-state index contributed by atoms with van der Waals surface area (Å²) in [7, 11) is 2.64. The molecule has 0 saturated carbocycles. The highest BCUT2D eigenvalue weighted by molar-refractivity contribution is 7.86. The van der Waals surface area contributed by atoms with E-state index in [2.05, 4.69) is 5.32 Å². The Morgan fingerprint density at radius 1 is 1.29 bits per heavy atom. The minimum absolute atomic E-state index is 0.125. The lowest BCUT2D eigenvalue weighted by Gasteiger charge is -2.33. The van der Waals surface area contributed by atoms with Gasteiger partial charge in [0.05, 0.1) is 26.2 Å². The fourth-order valence-electron chi connectivity index (χ4n) is 3.38. The molecule has 0 aliphatic carbocycles. The van der Waals surface area contributed by atoms with Crippen molar-refractivity contribution in [1.82, 2.24) is 13.9 Å². The topological polar surface area (TPSA) is 88.2 Å². The molecule has 1 amide bonds. The van der Waals surface area contributed by atoms with Gasteiger partial charge < -0.3 is 14.8 Å². The Hall–Kier alpha value is -1.84. The van der Waals surface area contributed by atoms with Crippen LogP contribution in [0.2, 0.25) is 0 Å². The van der Waals surface area contributed by atoms with Crippen molar-refractivity contribution in [3.8, 4) is 11.5 Å². The van der Waals surface area contributed by atoms with E-state index in [9.17, 15) is 13.2 Å². The summed E-state index contributed by atoms with van der Waals surface area (Å²) in [5, 5.41) is 3.07. The van der Waals surface area contributed by atoms with Crippen LogP contribution in [-0.2, 0) is 15.0 Å². The van der Waals surface area contributed by atoms with Crippen LogP contribution in [0.5, 0.6) is 11.5 Å². The Bertz CT molecular complexity index is 782. The van der Waals surface area contributed by atoms with Crippen molar-refractivity contribution in [2.45, 2.75) is 32.2 Å². The summed E-state index contributed by atoms with van der Waals surface area (Å²) in [5.41, 5.74) is 0.919. The van der Waals surface area contributed by atoms with Crippen LogP contribution < -0.4 is 14.8 Å². The number of hydrogen-bond donors (Lipinski definition) is 1. The highest BCUT2D eigenvalue weighted by Gasteiger charge is 2.34. The lowest BCUT2D eigenvalue weighted by Crippen LogP contribution is -2.49. The van der Waals surface area contributed by atoms with Crippen LogP contribution in [0, 0.1) is 5.92 Å². The summed E-state index contributed by atoms with van der Waals surface area (Å²) in [6.45, 7) is 2.64. The van der Waals surface area contributed by atoms with Crippen molar-refractivity contribution >= 4 is 16.1 Å². The zero-order valence-electron chi connectivity index (χ0n) is 17.3. The van der Waals surface area contributed by atoms with Crippen LogP contribution in [0.25, 0.3) is 0 Å². The average Bonchev–Trinajstić information content (AvgIpc) is 2.71. The van der Waals surface area contributed by atoms with E-state index in [1.165, 1.54) is 22.7 Å². The number of amides is 1. The predicted molar refractivity (Wildman–Crippen MR) is 108 cm³/mol. The second-order valence-electron chi connectivity index (χ2n) is 7.07. The van der Waals surface area contributed by atoms with Gasteiger partial charge in [-0.3, -0.25) is 4.79 Å². The van der Waals surface area contributed by atoms with Crippen LogP contribution in [-0.4, -0.2) is 64.3 Å². The fraction of sp³-hybridized carbons (Fsp3) is 0.632. The number of hydrogen-bond acceptors (Lipinski definition) is 5. The van der Waals surface area contributed by atoms with Gasteiger partial charge in [-0.15, -0.1) is 0 Å². The van der Waals surface area contributed by atoms with Crippen LogP contribution in [0.4, 0.5) is 0 Å². The molecule has 0 aromatic heterocycles. The molecule has 9 heteroatoms. The zero-order chi connectivity index (χ0) is 20.9. The number of carbonyl (C=O) groups excluding carboxylic acids is 1. The van der Waals surface area contributed by atoms with Crippen LogP contribution in [0.3, 0.4) is 0 Å². The molecule has 1 aromatic rings. The molecule has 0 radical (unpaired) electrons. The Morgan fingerprint density at radius 2 is 1.96 bits per heavy atom. The largest absolute Gasteiger partial charge is 0.493 e. The molecule has 1 aliphatic rings. The smallest absolute Gasteiger partial charge is 0.281 e. The van der Waals surface area contributed by atoms with Crippen molar-refractivity contribution in [3.05, 3.63) is 23.8 Å². The maximum absolute atomic E-state index is 12.9. The second kappa shape index (κ2) is 9.58. The number of carbonyl (C=O) groups is 1. The second-order valence-corrected chi connectivity index (χ2v) is 9.21. The lowest BCUT2D eigenvalue weighted by atomic mass is 9.97. The van der Waals surface area contributed by atoms with E-state index < -0.39 is 10.2 Å². The van der Waals surface area contributed by atoms with Crippen LogP contribution in [0.1, 0.15) is 37.8 Å². The summed E-state index contributed by atoms with van der Waals surface area (Å²) in [4.78, 5) is 12.9. The molecule has 8 nitrogen and oxygen atoms in total. The van der Waals surface area contributed by atoms with Gasteiger partial charge in [0.1, 0.15) is 0 Å². The Kier molecular flexibility index (Phi) is 7.68. The molecule has 2 atom stereocenters. The average molecular weight is 414 g/mol. The summed E-state index contributed by atoms with van der Waals surface area (Å²) >= 11 is 0. The SMILES string of the molecule is CC[C@@H](NC(=O)[C@H]1CCCN(S(=O)(=O)N(C)C)C1)c1ccc(OC)c(OC)c1. The molecule has 1 saturated heterocycles. The molecule has 0 unspecified atom stereocenters. The van der Waals surface area contributed by atoms with E-state index in [0.29, 0.717) is 37.3 Å². The summed E-state index contributed by atoms with van der Waals surface area (Å²) < 4.78 is 37.9. The maximum Gasteiger partial charge on any atom is 0.281 e. The van der Waals surface area contributed by atoms with Gasteiger partial charge in [-0.1, -0.05) is 13.0 Å². The molecule has 1 aliphatic heterocycles. The molecule has 2 rings (SSSR count). The normalized spacial score (nSPS) is 19.3. The van der Waals surface area contributed by atoms with Crippen molar-refractivity contribution in [2.24, 2.45) is 5.92 Å². The number of ether oxygens (including phenoxy) is 2. The minimum atomic E-state index is -3.51. The van der Waals surface area contributed by atoms with Gasteiger partial charge in [0.25, 0.3) is 10.2 Å². The maximum atomic E-state index is 12.9. The van der Waals surface area contributed by atoms with Gasteiger partial charge >= 0.3 is 0 Å². The Morgan fingerprint density at radius 3 is 2.54 bits per heavy atom. The Labute approximate surface area is 168 Å². The quantitative estimate of drug-likeness (QED) is 0.702. The third kappa shape index (κ3) is 4.95. The van der Waals surface area contributed by atoms with Gasteiger partial charge in [0.2, 0.25) is 5.91 Å². The molecule has 28 heavy (non-hydrogen) atoms. The van der Waals surface area contributed by atoms with Gasteiger partial charge in [-0.2, -0.15) is 17.0 Å². The lowest BCUT2D eigenvalue weighted by molar-refractivity contribution is -0.126. The highest BCUT2D eigenvalue weighted by Crippen LogP contribution is 2.31. The number of benzene rings is 1. The molecular weight excluding hydrogens is 382 g/mol. The first-order valence-electron chi connectivity index (χ1n) is 9.44. The predicted octanol–water partition coefficient (Wildman–Crippen LogP) is 1.79. The minimum Gasteiger partial charge on any atom is -0.493 e. The molecule has 0 bridgehead atoms. The third-order valence-corrected chi connectivity index (χ3v) is 6.98. The number of nitrogens with zero attached hydrogens (tertiary/aromatic N) is 2. The third-order valence-electron chi connectivity index (χ3n) is 5.08. The van der Waals surface area contributed by atoms with Gasteiger partial charge in [0, 0.05) is 27.2 Å². The van der Waals surface area contributed by atoms with Crippen LogP contribution in [0.15, 0.2) is 18.2 Å². The van der Waals surface area contributed by atoms with E-state index in [0.717, 1.165) is 5.56 Å². The number of nitrogens with one attached hydrogen (secondary N) is 1. The monoisotopic (exact) mass is 413 g/mol. The van der Waals surface area contributed by atoms with E-state index in [1.54, 1.807) is 14.2 Å². The zero-order valence-corrected chi connectivity index (χ0v) is 18.1. The van der Waals surface area contributed by atoms with Gasteiger partial charge in [0.15, 0.2) is 11.5 Å². The Balaban J connectivity index is 2.11. The first kappa shape index (κ1) is 22.4. The molecule has 1 N–H and O–H groups in total. The van der Waals surface area contributed by atoms with Crippen molar-refractivity contribution in [1.29, 1.82) is 0 Å². The number of rotatable bonds is 8.